The zero-order valence-electron chi connectivity index (χ0n) is 12.1. The monoisotopic (exact) mass is 295 g/mol. The largest absolute Gasteiger partial charge is 0.477 e. The summed E-state index contributed by atoms with van der Waals surface area (Å²) >= 11 is 0. The summed E-state index contributed by atoms with van der Waals surface area (Å²) < 4.78 is 0. The van der Waals surface area contributed by atoms with Crippen molar-refractivity contribution in [3.8, 4) is 0 Å². The Labute approximate surface area is 121 Å². The van der Waals surface area contributed by atoms with E-state index in [1.165, 1.54) is 23.1 Å². The molecule has 0 atom stereocenters. The van der Waals surface area contributed by atoms with E-state index in [1.807, 2.05) is 0 Å². The molecule has 0 aliphatic heterocycles. The Morgan fingerprint density at radius 1 is 1.33 bits per heavy atom. The first-order valence-corrected chi connectivity index (χ1v) is 6.24. The number of aromatic carboxylic acids is 1. The molecule has 1 rings (SSSR count). The van der Waals surface area contributed by atoms with Crippen LogP contribution in [0.3, 0.4) is 0 Å². The third kappa shape index (κ3) is 3.91. The van der Waals surface area contributed by atoms with Gasteiger partial charge >= 0.3 is 5.97 Å². The fraction of sp³-hybridized carbons (Fsp3) is 0.385. The minimum atomic E-state index is -1.36. The highest BCUT2D eigenvalue weighted by Crippen LogP contribution is 2.25. The molecule has 0 saturated heterocycles. The lowest BCUT2D eigenvalue weighted by atomic mass is 10.1. The first kappa shape index (κ1) is 16.4. The van der Waals surface area contributed by atoms with Crippen molar-refractivity contribution in [1.29, 1.82) is 0 Å². The third-order valence-electron chi connectivity index (χ3n) is 2.98. The lowest BCUT2D eigenvalue weighted by Crippen LogP contribution is -2.36. The van der Waals surface area contributed by atoms with E-state index in [9.17, 15) is 19.7 Å². The van der Waals surface area contributed by atoms with Crippen molar-refractivity contribution in [2.45, 2.75) is 6.92 Å². The first-order chi connectivity index (χ1) is 9.77. The number of hydrogen-bond acceptors (Lipinski definition) is 5. The molecule has 1 amide bonds. The van der Waals surface area contributed by atoms with E-state index >= 15 is 0 Å². The van der Waals surface area contributed by atoms with Gasteiger partial charge in [-0.05, 0) is 19.1 Å². The number of amides is 1. The molecule has 0 heterocycles. The average Bonchev–Trinajstić information content (AvgIpc) is 2.43. The molecule has 0 saturated carbocycles. The molecular weight excluding hydrogens is 278 g/mol. The summed E-state index contributed by atoms with van der Waals surface area (Å²) in [6, 6.07) is 3.82. The van der Waals surface area contributed by atoms with Gasteiger partial charge in [-0.1, -0.05) is 0 Å². The molecule has 8 nitrogen and oxygen atoms in total. The molecule has 1 N–H and O–H groups in total. The van der Waals surface area contributed by atoms with Crippen molar-refractivity contribution in [2.24, 2.45) is 0 Å². The van der Waals surface area contributed by atoms with E-state index in [0.29, 0.717) is 12.2 Å². The highest BCUT2D eigenvalue weighted by atomic mass is 16.6. The summed E-state index contributed by atoms with van der Waals surface area (Å²) in [5.41, 5.74) is -0.432. The number of benzene rings is 1. The van der Waals surface area contributed by atoms with Crippen molar-refractivity contribution < 1.29 is 19.6 Å². The van der Waals surface area contributed by atoms with Crippen LogP contribution >= 0.6 is 0 Å². The molecule has 21 heavy (non-hydrogen) atoms. The number of hydrogen-bond donors (Lipinski definition) is 1. The van der Waals surface area contributed by atoms with Gasteiger partial charge in [0.2, 0.25) is 5.91 Å². The van der Waals surface area contributed by atoms with Crippen LogP contribution in [0.15, 0.2) is 18.2 Å². The van der Waals surface area contributed by atoms with E-state index in [2.05, 4.69) is 0 Å². The highest BCUT2D eigenvalue weighted by Gasteiger charge is 2.22. The number of likely N-dealkylation sites (N-methyl/N-ethyl adjacent to an activating group) is 2. The summed E-state index contributed by atoms with van der Waals surface area (Å²) in [6.45, 7) is 2.33. The second kappa shape index (κ2) is 6.69. The maximum absolute atomic E-state index is 11.7. The second-order valence-electron chi connectivity index (χ2n) is 4.57. The normalized spacial score (nSPS) is 10.0. The minimum absolute atomic E-state index is 0.0626. The number of rotatable bonds is 6. The number of nitro benzene ring substituents is 1. The van der Waals surface area contributed by atoms with Gasteiger partial charge in [0, 0.05) is 32.4 Å². The molecule has 0 radical (unpaired) electrons. The van der Waals surface area contributed by atoms with E-state index in [-0.39, 0.29) is 18.0 Å². The molecule has 0 bridgehead atoms. The maximum Gasteiger partial charge on any atom is 0.342 e. The van der Waals surface area contributed by atoms with Crippen LogP contribution in [0.4, 0.5) is 11.4 Å². The molecule has 0 unspecified atom stereocenters. The first-order valence-electron chi connectivity index (χ1n) is 6.24. The highest BCUT2D eigenvalue weighted by molar-refractivity contribution is 5.93. The Morgan fingerprint density at radius 2 is 1.95 bits per heavy atom. The van der Waals surface area contributed by atoms with Gasteiger partial charge in [-0.2, -0.15) is 0 Å². The van der Waals surface area contributed by atoms with Crippen molar-refractivity contribution >= 4 is 23.3 Å². The number of carbonyl (C=O) groups excluding carboxylic acids is 1. The number of anilines is 1. The Balaban J connectivity index is 3.17. The average molecular weight is 295 g/mol. The number of carboxylic acid groups (broad SMARTS) is 1. The zero-order valence-corrected chi connectivity index (χ0v) is 12.1. The minimum Gasteiger partial charge on any atom is -0.477 e. The topological polar surface area (TPSA) is 104 Å². The Bertz CT molecular complexity index is 571. The molecule has 1 aromatic rings. The van der Waals surface area contributed by atoms with Gasteiger partial charge in [0.05, 0.1) is 11.5 Å². The Kier molecular flexibility index (Phi) is 5.23. The molecule has 0 aromatic heterocycles. The number of nitrogens with zero attached hydrogens (tertiary/aromatic N) is 3. The molecule has 0 aliphatic carbocycles. The lowest BCUT2D eigenvalue weighted by molar-refractivity contribution is -0.385. The number of carbonyl (C=O) groups is 2. The Morgan fingerprint density at radius 3 is 2.38 bits per heavy atom. The molecule has 114 valence electrons. The standard InChI is InChI=1S/C13H17N3O5/c1-4-15(8-12(17)14(2)3)9-5-6-10(13(18)19)11(7-9)16(20)21/h5-7H,4,8H2,1-3H3,(H,18,19). The predicted octanol–water partition coefficient (Wildman–Crippen LogP) is 1.21. The van der Waals surface area contributed by atoms with Crippen LogP contribution < -0.4 is 4.90 Å². The smallest absolute Gasteiger partial charge is 0.342 e. The summed E-state index contributed by atoms with van der Waals surface area (Å²) in [7, 11) is 3.23. The van der Waals surface area contributed by atoms with Crippen molar-refractivity contribution in [1.82, 2.24) is 4.90 Å². The van der Waals surface area contributed by atoms with Crippen LogP contribution in [0.2, 0.25) is 0 Å². The molecule has 8 heteroatoms. The van der Waals surface area contributed by atoms with Gasteiger partial charge in [0.1, 0.15) is 5.56 Å². The molecule has 1 aromatic carbocycles. The lowest BCUT2D eigenvalue weighted by Gasteiger charge is -2.24. The predicted molar refractivity (Wildman–Crippen MR) is 76.6 cm³/mol. The van der Waals surface area contributed by atoms with Crippen LogP contribution in [0.25, 0.3) is 0 Å². The second-order valence-corrected chi connectivity index (χ2v) is 4.57. The summed E-state index contributed by atoms with van der Waals surface area (Å²) in [4.78, 5) is 36.0. The van der Waals surface area contributed by atoms with Crippen molar-refractivity contribution in [2.75, 3.05) is 32.1 Å². The number of nitro groups is 1. The Hall–Kier alpha value is -2.64. The van der Waals surface area contributed by atoms with Crippen LogP contribution in [-0.4, -0.2) is 54.0 Å². The zero-order chi connectivity index (χ0) is 16.2. The summed E-state index contributed by atoms with van der Waals surface area (Å²) in [6.07, 6.45) is 0. The van der Waals surface area contributed by atoms with Crippen LogP contribution in [0, 0.1) is 10.1 Å². The van der Waals surface area contributed by atoms with E-state index in [1.54, 1.807) is 25.9 Å². The molecule has 0 aliphatic rings. The quantitative estimate of drug-likeness (QED) is 0.625. The molecule has 0 spiro atoms. The number of carboxylic acids is 1. The summed E-state index contributed by atoms with van der Waals surface area (Å²) in [5, 5.41) is 19.9. The maximum atomic E-state index is 11.7. The van der Waals surface area contributed by atoms with Gasteiger partial charge in [-0.15, -0.1) is 0 Å². The molecule has 0 fully saturated rings. The van der Waals surface area contributed by atoms with Crippen molar-refractivity contribution in [3.05, 3.63) is 33.9 Å². The van der Waals surface area contributed by atoms with Crippen LogP contribution in [0.5, 0.6) is 0 Å². The van der Waals surface area contributed by atoms with Crippen LogP contribution in [-0.2, 0) is 4.79 Å². The fourth-order valence-corrected chi connectivity index (χ4v) is 1.74. The van der Waals surface area contributed by atoms with Gasteiger partial charge in [0.15, 0.2) is 0 Å². The van der Waals surface area contributed by atoms with Crippen LogP contribution in [0.1, 0.15) is 17.3 Å². The third-order valence-corrected chi connectivity index (χ3v) is 2.98. The van der Waals surface area contributed by atoms with Gasteiger partial charge in [-0.3, -0.25) is 14.9 Å². The SMILES string of the molecule is CCN(CC(=O)N(C)C)c1ccc(C(=O)O)c([N+](=O)[O-])c1. The summed E-state index contributed by atoms with van der Waals surface area (Å²) in [5.74, 6) is -1.51. The van der Waals surface area contributed by atoms with Crippen molar-refractivity contribution in [3.63, 3.8) is 0 Å². The van der Waals surface area contributed by atoms with Gasteiger partial charge in [0.25, 0.3) is 5.69 Å². The molecular formula is C13H17N3O5. The van der Waals surface area contributed by atoms with E-state index in [4.69, 9.17) is 5.11 Å². The fourth-order valence-electron chi connectivity index (χ4n) is 1.74. The van der Waals surface area contributed by atoms with Gasteiger partial charge in [-0.25, -0.2) is 4.79 Å². The van der Waals surface area contributed by atoms with Gasteiger partial charge < -0.3 is 14.9 Å². The van der Waals surface area contributed by atoms with E-state index < -0.39 is 16.6 Å². The van der Waals surface area contributed by atoms with E-state index in [0.717, 1.165) is 0 Å².